The molecule has 0 saturated heterocycles. The lowest BCUT2D eigenvalue weighted by Crippen LogP contribution is -2.50. The van der Waals surface area contributed by atoms with Gasteiger partial charge in [0.05, 0.1) is 25.1 Å². The Morgan fingerprint density at radius 1 is 1.10 bits per heavy atom. The minimum absolute atomic E-state index is 0.246. The van der Waals surface area contributed by atoms with Crippen LogP contribution in [0, 0.1) is 6.92 Å². The van der Waals surface area contributed by atoms with Crippen molar-refractivity contribution in [3.8, 4) is 5.75 Å². The minimum atomic E-state index is -3.79. The van der Waals surface area contributed by atoms with Crippen molar-refractivity contribution in [1.82, 2.24) is 5.32 Å². The Kier molecular flexibility index (Phi) is 8.63. The molecule has 1 amide bonds. The average Bonchev–Trinajstić information content (AvgIpc) is 2.67. The molecule has 0 spiro atoms. The first-order chi connectivity index (χ1) is 14.5. The second kappa shape index (κ2) is 10.6. The summed E-state index contributed by atoms with van der Waals surface area (Å²) in [7, 11) is -2.19. The van der Waals surface area contributed by atoms with E-state index in [1.807, 2.05) is 32.0 Å². The Bertz CT molecular complexity index is 1020. The van der Waals surface area contributed by atoms with Gasteiger partial charge < -0.3 is 10.1 Å². The molecule has 0 aromatic heterocycles. The van der Waals surface area contributed by atoms with Gasteiger partial charge in [0.1, 0.15) is 11.8 Å². The highest BCUT2D eigenvalue weighted by atomic mass is 35.5. The number of ether oxygens (including phenoxy) is 1. The number of methoxy groups -OCH3 is 1. The average molecular weight is 487 g/mol. The van der Waals surface area contributed by atoms with Crippen LogP contribution in [-0.4, -0.2) is 33.7 Å². The molecule has 0 aliphatic rings. The number of hydrogen-bond acceptors (Lipinski definition) is 4. The predicted molar refractivity (Wildman–Crippen MR) is 127 cm³/mol. The summed E-state index contributed by atoms with van der Waals surface area (Å²) in [5.41, 5.74) is 2.11. The maximum absolute atomic E-state index is 13.2. The van der Waals surface area contributed by atoms with Crippen LogP contribution in [0.15, 0.2) is 36.4 Å². The van der Waals surface area contributed by atoms with Crippen LogP contribution >= 0.6 is 23.2 Å². The Morgan fingerprint density at radius 2 is 1.71 bits per heavy atom. The fourth-order valence-corrected chi connectivity index (χ4v) is 5.24. The largest absolute Gasteiger partial charge is 0.496 e. The van der Waals surface area contributed by atoms with E-state index in [0.717, 1.165) is 27.4 Å². The molecule has 0 radical (unpaired) electrons. The zero-order valence-electron chi connectivity index (χ0n) is 18.3. The number of hydrogen-bond donors (Lipinski definition) is 1. The zero-order valence-corrected chi connectivity index (χ0v) is 20.6. The Hall–Kier alpha value is -1.96. The van der Waals surface area contributed by atoms with Gasteiger partial charge >= 0.3 is 0 Å². The summed E-state index contributed by atoms with van der Waals surface area (Å²) >= 11 is 12.2. The summed E-state index contributed by atoms with van der Waals surface area (Å²) in [6, 6.07) is 8.93. The van der Waals surface area contributed by atoms with Gasteiger partial charge in [-0.3, -0.25) is 9.10 Å². The lowest BCUT2D eigenvalue weighted by Gasteiger charge is -2.31. The second-order valence-corrected chi connectivity index (χ2v) is 10.0. The van der Waals surface area contributed by atoms with E-state index in [0.29, 0.717) is 6.42 Å². The fraction of sp³-hybridized carbons (Fsp3) is 0.409. The molecule has 0 saturated carbocycles. The van der Waals surface area contributed by atoms with E-state index >= 15 is 0 Å². The molecule has 0 unspecified atom stereocenters. The van der Waals surface area contributed by atoms with Gasteiger partial charge in [-0.1, -0.05) is 49.2 Å². The molecular formula is C22H28Cl2N2O4S. The number of rotatable bonds is 9. The van der Waals surface area contributed by atoms with Crippen LogP contribution < -0.4 is 14.4 Å². The van der Waals surface area contributed by atoms with Crippen LogP contribution in [0.5, 0.6) is 5.75 Å². The summed E-state index contributed by atoms with van der Waals surface area (Å²) in [5, 5.41) is 3.57. The number of benzene rings is 2. The van der Waals surface area contributed by atoms with Crippen molar-refractivity contribution in [3.05, 3.63) is 57.6 Å². The van der Waals surface area contributed by atoms with Gasteiger partial charge in [-0.05, 0) is 55.2 Å². The number of sulfonamides is 1. The van der Waals surface area contributed by atoms with Crippen molar-refractivity contribution in [2.45, 2.75) is 45.7 Å². The molecule has 31 heavy (non-hydrogen) atoms. The molecule has 9 heteroatoms. The monoisotopic (exact) mass is 486 g/mol. The van der Waals surface area contributed by atoms with Gasteiger partial charge in [0, 0.05) is 10.0 Å². The number of aryl methyl sites for hydroxylation is 1. The van der Waals surface area contributed by atoms with E-state index in [4.69, 9.17) is 27.9 Å². The molecule has 0 fully saturated rings. The molecule has 170 valence electrons. The molecule has 0 bridgehead atoms. The van der Waals surface area contributed by atoms with Crippen LogP contribution in [0.3, 0.4) is 0 Å². The molecule has 2 atom stereocenters. The first kappa shape index (κ1) is 25.3. The van der Waals surface area contributed by atoms with Gasteiger partial charge in [-0.25, -0.2) is 8.42 Å². The second-order valence-electron chi connectivity index (χ2n) is 7.31. The SMILES string of the molecule is CC[C@H](NC(=O)[C@H](CC)N(c1cc(Cl)cc(Cl)c1)S(C)(=O)=O)c1ccc(OC)c(C)c1. The van der Waals surface area contributed by atoms with Crippen molar-refractivity contribution in [1.29, 1.82) is 0 Å². The van der Waals surface area contributed by atoms with E-state index in [1.165, 1.54) is 18.2 Å². The van der Waals surface area contributed by atoms with Crippen molar-refractivity contribution >= 4 is 44.8 Å². The third-order valence-electron chi connectivity index (χ3n) is 4.98. The van der Waals surface area contributed by atoms with E-state index in [-0.39, 0.29) is 28.2 Å². The maximum atomic E-state index is 13.2. The minimum Gasteiger partial charge on any atom is -0.496 e. The quantitative estimate of drug-likeness (QED) is 0.533. The number of carbonyl (C=O) groups excluding carboxylic acids is 1. The molecule has 2 rings (SSSR count). The zero-order chi connectivity index (χ0) is 23.3. The molecule has 2 aromatic carbocycles. The van der Waals surface area contributed by atoms with Gasteiger partial charge in [0.15, 0.2) is 0 Å². The van der Waals surface area contributed by atoms with Crippen molar-refractivity contribution < 1.29 is 17.9 Å². The van der Waals surface area contributed by atoms with Gasteiger partial charge in [-0.2, -0.15) is 0 Å². The van der Waals surface area contributed by atoms with Crippen LogP contribution in [0.4, 0.5) is 5.69 Å². The smallest absolute Gasteiger partial charge is 0.244 e. The van der Waals surface area contributed by atoms with Crippen molar-refractivity contribution in [2.75, 3.05) is 17.7 Å². The molecule has 1 N–H and O–H groups in total. The molecule has 2 aromatic rings. The maximum Gasteiger partial charge on any atom is 0.244 e. The van der Waals surface area contributed by atoms with Gasteiger partial charge in [0.2, 0.25) is 15.9 Å². The highest BCUT2D eigenvalue weighted by Gasteiger charge is 2.33. The molecule has 6 nitrogen and oxygen atoms in total. The number of nitrogens with one attached hydrogen (secondary N) is 1. The van der Waals surface area contributed by atoms with Gasteiger partial charge in [0.25, 0.3) is 0 Å². The van der Waals surface area contributed by atoms with E-state index < -0.39 is 22.0 Å². The molecular weight excluding hydrogens is 459 g/mol. The lowest BCUT2D eigenvalue weighted by molar-refractivity contribution is -0.123. The summed E-state index contributed by atoms with van der Waals surface area (Å²) < 4.78 is 31.7. The summed E-state index contributed by atoms with van der Waals surface area (Å²) in [6.45, 7) is 5.64. The molecule has 0 aliphatic heterocycles. The summed E-state index contributed by atoms with van der Waals surface area (Å²) in [4.78, 5) is 13.2. The summed E-state index contributed by atoms with van der Waals surface area (Å²) in [5.74, 6) is 0.363. The normalized spacial score (nSPS) is 13.4. The van der Waals surface area contributed by atoms with E-state index in [1.54, 1.807) is 14.0 Å². The van der Waals surface area contributed by atoms with Crippen LogP contribution in [0.25, 0.3) is 0 Å². The number of amides is 1. The number of nitrogens with zero attached hydrogens (tertiary/aromatic N) is 1. The first-order valence-corrected chi connectivity index (χ1v) is 12.5. The van der Waals surface area contributed by atoms with Crippen molar-refractivity contribution in [2.24, 2.45) is 0 Å². The van der Waals surface area contributed by atoms with Crippen LogP contribution in [-0.2, 0) is 14.8 Å². The highest BCUT2D eigenvalue weighted by molar-refractivity contribution is 7.92. The number of anilines is 1. The third kappa shape index (κ3) is 6.28. The number of halogens is 2. The topological polar surface area (TPSA) is 75.7 Å². The van der Waals surface area contributed by atoms with Crippen LogP contribution in [0.2, 0.25) is 10.0 Å². The Balaban J connectivity index is 2.39. The van der Waals surface area contributed by atoms with E-state index in [9.17, 15) is 13.2 Å². The lowest BCUT2D eigenvalue weighted by atomic mass is 10.0. The predicted octanol–water partition coefficient (Wildman–Crippen LogP) is 5.12. The Labute approximate surface area is 194 Å². The van der Waals surface area contributed by atoms with Crippen molar-refractivity contribution in [3.63, 3.8) is 0 Å². The first-order valence-electron chi connectivity index (χ1n) is 9.92. The molecule has 0 heterocycles. The van der Waals surface area contributed by atoms with E-state index in [2.05, 4.69) is 5.32 Å². The van der Waals surface area contributed by atoms with Crippen LogP contribution in [0.1, 0.15) is 43.9 Å². The van der Waals surface area contributed by atoms with Gasteiger partial charge in [-0.15, -0.1) is 0 Å². The fourth-order valence-electron chi connectivity index (χ4n) is 3.53. The standard InChI is InChI=1S/C22H28Cl2N2O4S/c1-6-19(15-8-9-21(30-4)14(3)10-15)25-22(27)20(7-2)26(31(5,28)29)18-12-16(23)11-17(24)13-18/h8-13,19-20H,6-7H2,1-5H3,(H,25,27)/t19-,20-/m0/s1. The highest BCUT2D eigenvalue weighted by Crippen LogP contribution is 2.30. The molecule has 0 aliphatic carbocycles. The number of carbonyl (C=O) groups is 1. The Morgan fingerprint density at radius 3 is 2.16 bits per heavy atom. The summed E-state index contributed by atoms with van der Waals surface area (Å²) in [6.07, 6.45) is 1.96. The third-order valence-corrected chi connectivity index (χ3v) is 6.59.